The highest BCUT2D eigenvalue weighted by Gasteiger charge is 2.13. The van der Waals surface area contributed by atoms with Gasteiger partial charge in [0, 0.05) is 23.9 Å². The van der Waals surface area contributed by atoms with Crippen LogP contribution in [0, 0.1) is 0 Å². The van der Waals surface area contributed by atoms with Gasteiger partial charge in [0.1, 0.15) is 4.90 Å². The van der Waals surface area contributed by atoms with Gasteiger partial charge in [0.25, 0.3) is 0 Å². The van der Waals surface area contributed by atoms with Crippen LogP contribution in [-0.2, 0) is 10.0 Å². The van der Waals surface area contributed by atoms with Gasteiger partial charge in [0.05, 0.1) is 0 Å². The number of hydrogen-bond acceptors (Lipinski definition) is 4. The van der Waals surface area contributed by atoms with Crippen molar-refractivity contribution in [2.75, 3.05) is 0 Å². The molecule has 0 spiro atoms. The summed E-state index contributed by atoms with van der Waals surface area (Å²) in [6.45, 7) is 3.81. The number of rotatable bonds is 3. The SMILES string of the molecule is CC(N)C(C)c1ccc(S(N)(=O)=O)cn1. The first-order chi connectivity index (χ1) is 6.82. The van der Waals surface area contributed by atoms with Crippen molar-refractivity contribution in [1.29, 1.82) is 0 Å². The van der Waals surface area contributed by atoms with Crippen molar-refractivity contribution < 1.29 is 8.42 Å². The number of primary sulfonamides is 1. The summed E-state index contributed by atoms with van der Waals surface area (Å²) in [7, 11) is -3.66. The van der Waals surface area contributed by atoms with Crippen LogP contribution in [0.5, 0.6) is 0 Å². The zero-order valence-corrected chi connectivity index (χ0v) is 9.53. The molecule has 0 aliphatic rings. The normalized spacial score (nSPS) is 16.0. The molecule has 1 aromatic heterocycles. The highest BCUT2D eigenvalue weighted by Crippen LogP contribution is 2.16. The Morgan fingerprint density at radius 1 is 1.33 bits per heavy atom. The monoisotopic (exact) mass is 229 g/mol. The van der Waals surface area contributed by atoms with Crippen LogP contribution < -0.4 is 10.9 Å². The third-order valence-corrected chi connectivity index (χ3v) is 3.24. The van der Waals surface area contributed by atoms with Crippen molar-refractivity contribution >= 4 is 10.0 Å². The molecule has 0 saturated heterocycles. The van der Waals surface area contributed by atoms with Crippen molar-refractivity contribution in [2.24, 2.45) is 10.9 Å². The quantitative estimate of drug-likeness (QED) is 0.772. The molecule has 0 aliphatic carbocycles. The molecule has 1 rings (SSSR count). The fourth-order valence-corrected chi connectivity index (χ4v) is 1.56. The van der Waals surface area contributed by atoms with Crippen LogP contribution in [0.25, 0.3) is 0 Å². The van der Waals surface area contributed by atoms with E-state index in [4.69, 9.17) is 10.9 Å². The maximum Gasteiger partial charge on any atom is 0.239 e. The standard InChI is InChI=1S/C9H15N3O2S/c1-6(7(2)10)9-4-3-8(5-12-9)15(11,13)14/h3-7H,10H2,1-2H3,(H2,11,13,14). The van der Waals surface area contributed by atoms with Gasteiger partial charge < -0.3 is 5.73 Å². The van der Waals surface area contributed by atoms with E-state index in [1.54, 1.807) is 6.07 Å². The maximum atomic E-state index is 11.0. The van der Waals surface area contributed by atoms with E-state index in [0.717, 1.165) is 5.69 Å². The van der Waals surface area contributed by atoms with Crippen LogP contribution in [0.15, 0.2) is 23.2 Å². The molecule has 5 nitrogen and oxygen atoms in total. The molecule has 1 heterocycles. The third kappa shape index (κ3) is 2.98. The molecule has 0 radical (unpaired) electrons. The smallest absolute Gasteiger partial charge is 0.239 e. The molecule has 0 saturated carbocycles. The summed E-state index contributed by atoms with van der Waals surface area (Å²) in [6.07, 6.45) is 1.25. The predicted octanol–water partition coefficient (Wildman–Crippen LogP) is 0.180. The second-order valence-electron chi connectivity index (χ2n) is 3.61. The van der Waals surface area contributed by atoms with Gasteiger partial charge in [-0.05, 0) is 19.1 Å². The summed E-state index contributed by atoms with van der Waals surface area (Å²) in [6, 6.07) is 3.04. The Bertz CT molecular complexity index is 425. The van der Waals surface area contributed by atoms with Gasteiger partial charge >= 0.3 is 0 Å². The molecular formula is C9H15N3O2S. The molecular weight excluding hydrogens is 214 g/mol. The first kappa shape index (κ1) is 12.1. The van der Waals surface area contributed by atoms with Gasteiger partial charge in [-0.3, -0.25) is 4.98 Å². The Labute approximate surface area is 89.6 Å². The van der Waals surface area contributed by atoms with Crippen molar-refractivity contribution in [1.82, 2.24) is 4.98 Å². The van der Waals surface area contributed by atoms with Gasteiger partial charge in [-0.25, -0.2) is 13.6 Å². The van der Waals surface area contributed by atoms with E-state index in [2.05, 4.69) is 4.98 Å². The fourth-order valence-electron chi connectivity index (χ4n) is 1.10. The van der Waals surface area contributed by atoms with Crippen LogP contribution in [0.1, 0.15) is 25.5 Å². The van der Waals surface area contributed by atoms with E-state index in [9.17, 15) is 8.42 Å². The van der Waals surface area contributed by atoms with Crippen molar-refractivity contribution in [3.8, 4) is 0 Å². The lowest BCUT2D eigenvalue weighted by molar-refractivity contribution is 0.591. The van der Waals surface area contributed by atoms with Crippen LogP contribution in [0.4, 0.5) is 0 Å². The second-order valence-corrected chi connectivity index (χ2v) is 5.17. The number of sulfonamides is 1. The van der Waals surface area contributed by atoms with E-state index >= 15 is 0 Å². The molecule has 1 aromatic rings. The summed E-state index contributed by atoms with van der Waals surface area (Å²) in [5.41, 5.74) is 6.47. The van der Waals surface area contributed by atoms with Crippen molar-refractivity contribution in [3.05, 3.63) is 24.0 Å². The van der Waals surface area contributed by atoms with Crippen LogP contribution in [-0.4, -0.2) is 19.4 Å². The average Bonchev–Trinajstić information content (AvgIpc) is 2.15. The summed E-state index contributed by atoms with van der Waals surface area (Å²) in [5.74, 6) is 0.0829. The van der Waals surface area contributed by atoms with E-state index in [1.165, 1.54) is 12.3 Å². The lowest BCUT2D eigenvalue weighted by Crippen LogP contribution is -2.23. The van der Waals surface area contributed by atoms with E-state index in [-0.39, 0.29) is 16.9 Å². The van der Waals surface area contributed by atoms with E-state index in [1.807, 2.05) is 13.8 Å². The minimum atomic E-state index is -3.66. The lowest BCUT2D eigenvalue weighted by atomic mass is 10.0. The molecule has 84 valence electrons. The van der Waals surface area contributed by atoms with Crippen LogP contribution >= 0.6 is 0 Å². The number of nitrogens with zero attached hydrogens (tertiary/aromatic N) is 1. The Kier molecular flexibility index (Phi) is 3.43. The fraction of sp³-hybridized carbons (Fsp3) is 0.444. The van der Waals surface area contributed by atoms with Gasteiger partial charge in [0.15, 0.2) is 0 Å². The van der Waals surface area contributed by atoms with Gasteiger partial charge in [-0.15, -0.1) is 0 Å². The largest absolute Gasteiger partial charge is 0.327 e. The van der Waals surface area contributed by atoms with Crippen LogP contribution in [0.2, 0.25) is 0 Å². The molecule has 0 bridgehead atoms. The Morgan fingerprint density at radius 3 is 2.27 bits per heavy atom. The zero-order valence-electron chi connectivity index (χ0n) is 8.71. The topological polar surface area (TPSA) is 99.1 Å². The van der Waals surface area contributed by atoms with Gasteiger partial charge in [-0.2, -0.15) is 0 Å². The minimum absolute atomic E-state index is 0.0168. The zero-order chi connectivity index (χ0) is 11.6. The number of pyridine rings is 1. The van der Waals surface area contributed by atoms with Crippen molar-refractivity contribution in [3.63, 3.8) is 0 Å². The van der Waals surface area contributed by atoms with Crippen LogP contribution in [0.3, 0.4) is 0 Å². The Morgan fingerprint density at radius 2 is 1.93 bits per heavy atom. The van der Waals surface area contributed by atoms with Crippen molar-refractivity contribution in [2.45, 2.75) is 30.7 Å². The highest BCUT2D eigenvalue weighted by atomic mass is 32.2. The first-order valence-corrected chi connectivity index (χ1v) is 6.11. The maximum absolute atomic E-state index is 11.0. The number of aromatic nitrogens is 1. The predicted molar refractivity (Wildman–Crippen MR) is 57.7 cm³/mol. The molecule has 2 atom stereocenters. The third-order valence-electron chi connectivity index (χ3n) is 2.34. The molecule has 2 unspecified atom stereocenters. The summed E-state index contributed by atoms with van der Waals surface area (Å²) < 4.78 is 21.9. The minimum Gasteiger partial charge on any atom is -0.327 e. The molecule has 6 heteroatoms. The molecule has 15 heavy (non-hydrogen) atoms. The van der Waals surface area contributed by atoms with E-state index < -0.39 is 10.0 Å². The summed E-state index contributed by atoms with van der Waals surface area (Å²) >= 11 is 0. The lowest BCUT2D eigenvalue weighted by Gasteiger charge is -2.14. The van der Waals surface area contributed by atoms with Gasteiger partial charge in [0.2, 0.25) is 10.0 Å². The van der Waals surface area contributed by atoms with Gasteiger partial charge in [-0.1, -0.05) is 6.92 Å². The highest BCUT2D eigenvalue weighted by molar-refractivity contribution is 7.89. The van der Waals surface area contributed by atoms with E-state index in [0.29, 0.717) is 0 Å². The Hall–Kier alpha value is -0.980. The average molecular weight is 229 g/mol. The first-order valence-electron chi connectivity index (χ1n) is 4.56. The molecule has 0 aromatic carbocycles. The number of hydrogen-bond donors (Lipinski definition) is 2. The summed E-state index contributed by atoms with van der Waals surface area (Å²) in [5, 5.41) is 4.95. The summed E-state index contributed by atoms with van der Waals surface area (Å²) in [4.78, 5) is 4.04. The molecule has 0 fully saturated rings. The second kappa shape index (κ2) is 4.26. The molecule has 0 aliphatic heterocycles. The molecule has 0 amide bonds. The molecule has 4 N–H and O–H groups in total. The Balaban J connectivity index is 3.01. The number of nitrogens with two attached hydrogens (primary N) is 2.